The van der Waals surface area contributed by atoms with Crippen LogP contribution >= 0.6 is 0 Å². The molecule has 0 heterocycles. The van der Waals surface area contributed by atoms with E-state index in [1.165, 1.54) is 57.8 Å². The van der Waals surface area contributed by atoms with Gasteiger partial charge in [-0.2, -0.15) is 0 Å². The lowest BCUT2D eigenvalue weighted by atomic mass is 9.75. The molecule has 1 aromatic rings. The topological polar surface area (TPSA) is 61.3 Å². The number of hydrogen-bond donors (Lipinski definition) is 2. The number of nitrogen functional groups attached to an aromatic ring is 2. The summed E-state index contributed by atoms with van der Waals surface area (Å²) in [5.74, 6) is 3.10. The Bertz CT molecular complexity index is 603. The van der Waals surface area contributed by atoms with E-state index in [2.05, 4.69) is 13.8 Å². The minimum Gasteiger partial charge on any atom is -0.493 e. The van der Waals surface area contributed by atoms with Crippen molar-refractivity contribution in [2.75, 3.05) is 18.1 Å². The molecule has 3 heteroatoms. The van der Waals surface area contributed by atoms with Crippen LogP contribution in [-0.2, 0) is 0 Å². The third-order valence-corrected chi connectivity index (χ3v) is 6.74. The molecule has 26 heavy (non-hydrogen) atoms. The molecule has 3 nitrogen and oxygen atoms in total. The Morgan fingerprint density at radius 3 is 1.92 bits per heavy atom. The fourth-order valence-corrected chi connectivity index (χ4v) is 4.89. The van der Waals surface area contributed by atoms with Gasteiger partial charge in [-0.3, -0.25) is 0 Å². The molecule has 0 aliphatic heterocycles. The molecule has 0 bridgehead atoms. The predicted molar refractivity (Wildman–Crippen MR) is 111 cm³/mol. The summed E-state index contributed by atoms with van der Waals surface area (Å²) in [4.78, 5) is 0. The van der Waals surface area contributed by atoms with Gasteiger partial charge in [-0.25, -0.2) is 0 Å². The van der Waals surface area contributed by atoms with Gasteiger partial charge in [0.25, 0.3) is 0 Å². The van der Waals surface area contributed by atoms with Crippen LogP contribution in [-0.4, -0.2) is 6.61 Å². The quantitative estimate of drug-likeness (QED) is 0.506. The van der Waals surface area contributed by atoms with Crippen molar-refractivity contribution in [2.24, 2.45) is 17.8 Å². The molecule has 0 spiro atoms. The number of ether oxygens (including phenoxy) is 1. The maximum absolute atomic E-state index is 5.97. The molecule has 0 aromatic heterocycles. The summed E-state index contributed by atoms with van der Waals surface area (Å²) in [5, 5.41) is 0. The minimum atomic E-state index is 0.650. The van der Waals surface area contributed by atoms with E-state index in [1.807, 2.05) is 12.1 Å². The highest BCUT2D eigenvalue weighted by atomic mass is 16.5. The normalized spacial score (nSPS) is 25.6. The van der Waals surface area contributed by atoms with Gasteiger partial charge in [0.05, 0.1) is 6.61 Å². The highest BCUT2D eigenvalue weighted by molar-refractivity contribution is 5.56. The molecule has 2 aliphatic carbocycles. The molecule has 0 amide bonds. The number of anilines is 2. The highest BCUT2D eigenvalue weighted by Gasteiger charge is 2.25. The van der Waals surface area contributed by atoms with Gasteiger partial charge in [0.15, 0.2) is 0 Å². The van der Waals surface area contributed by atoms with Crippen molar-refractivity contribution in [3.63, 3.8) is 0 Å². The molecular formula is C23H36N2O. The molecule has 144 valence electrons. The average molecular weight is 357 g/mol. The van der Waals surface area contributed by atoms with Crippen LogP contribution < -0.4 is 16.2 Å². The second-order valence-corrected chi connectivity index (χ2v) is 8.56. The maximum atomic E-state index is 5.97. The summed E-state index contributed by atoms with van der Waals surface area (Å²) < 4.78 is 5.97. The van der Waals surface area contributed by atoms with Crippen LogP contribution in [0.1, 0.15) is 71.6 Å². The van der Waals surface area contributed by atoms with Crippen LogP contribution in [0.4, 0.5) is 11.4 Å². The predicted octanol–water partition coefficient (Wildman–Crippen LogP) is 5.95. The summed E-state index contributed by atoms with van der Waals surface area (Å²) in [6.07, 6.45) is 12.3. The smallest absolute Gasteiger partial charge is 0.123 e. The second kappa shape index (κ2) is 8.83. The Balaban J connectivity index is 1.49. The monoisotopic (exact) mass is 356 g/mol. The first-order valence-corrected chi connectivity index (χ1v) is 10.5. The van der Waals surface area contributed by atoms with E-state index in [-0.39, 0.29) is 0 Å². The van der Waals surface area contributed by atoms with Crippen LogP contribution in [0.3, 0.4) is 0 Å². The lowest BCUT2D eigenvalue weighted by Crippen LogP contribution is -2.22. The third-order valence-electron chi connectivity index (χ3n) is 6.74. The van der Waals surface area contributed by atoms with E-state index >= 15 is 0 Å². The Morgan fingerprint density at radius 1 is 0.808 bits per heavy atom. The van der Waals surface area contributed by atoms with Crippen molar-refractivity contribution in [2.45, 2.75) is 71.6 Å². The lowest BCUT2D eigenvalue weighted by molar-refractivity contribution is 0.191. The summed E-state index contributed by atoms with van der Waals surface area (Å²) in [6.45, 7) is 5.59. The highest BCUT2D eigenvalue weighted by Crippen LogP contribution is 2.38. The number of nitrogens with two attached hydrogens (primary N) is 2. The lowest BCUT2D eigenvalue weighted by Gasteiger charge is -2.32. The van der Waals surface area contributed by atoms with E-state index in [0.717, 1.165) is 24.2 Å². The molecule has 0 unspecified atom stereocenters. The Kier molecular flexibility index (Phi) is 6.50. The molecule has 0 radical (unpaired) electrons. The van der Waals surface area contributed by atoms with Crippen molar-refractivity contribution < 1.29 is 4.74 Å². The number of hydrogen-bond acceptors (Lipinski definition) is 3. The zero-order chi connectivity index (χ0) is 18.5. The van der Waals surface area contributed by atoms with E-state index in [4.69, 9.17) is 16.2 Å². The molecule has 2 saturated carbocycles. The van der Waals surface area contributed by atoms with Gasteiger partial charge >= 0.3 is 0 Å². The molecule has 2 fully saturated rings. The summed E-state index contributed by atoms with van der Waals surface area (Å²) in [7, 11) is 0. The van der Waals surface area contributed by atoms with Gasteiger partial charge in [-0.15, -0.1) is 0 Å². The van der Waals surface area contributed by atoms with Crippen molar-refractivity contribution in [3.8, 4) is 5.75 Å². The standard InChI is InChI=1S/C23H36N2O/c1-16(19-6-4-3-5-7-19)17(2)20-10-8-18(9-11-20)15-26-23-13-21(24)12-22(25)14-23/h12-14,18-20H,3-11,15,24-25H2,1-2H3/b17-16+. The fourth-order valence-electron chi connectivity index (χ4n) is 4.89. The van der Waals surface area contributed by atoms with Gasteiger partial charge in [-0.05, 0) is 76.2 Å². The number of allylic oxidation sites excluding steroid dienone is 2. The SMILES string of the molecule is C/C(=C(/C)C1CCC(COc2cc(N)cc(N)c2)CC1)C1CCCCC1. The number of benzene rings is 1. The van der Waals surface area contributed by atoms with E-state index in [1.54, 1.807) is 17.2 Å². The van der Waals surface area contributed by atoms with Gasteiger partial charge in [0, 0.05) is 23.5 Å². The molecule has 1 aromatic carbocycles. The Labute approximate surface area is 159 Å². The Morgan fingerprint density at radius 2 is 1.35 bits per heavy atom. The van der Waals surface area contributed by atoms with Crippen molar-refractivity contribution in [3.05, 3.63) is 29.3 Å². The fraction of sp³-hybridized carbons (Fsp3) is 0.652. The second-order valence-electron chi connectivity index (χ2n) is 8.56. The number of rotatable bonds is 5. The van der Waals surface area contributed by atoms with Crippen LogP contribution in [0.15, 0.2) is 29.3 Å². The maximum Gasteiger partial charge on any atom is 0.123 e. The molecule has 0 atom stereocenters. The molecule has 2 aliphatic rings. The van der Waals surface area contributed by atoms with Crippen LogP contribution in [0.25, 0.3) is 0 Å². The molecular weight excluding hydrogens is 320 g/mol. The van der Waals surface area contributed by atoms with Crippen molar-refractivity contribution in [1.29, 1.82) is 0 Å². The first-order chi connectivity index (χ1) is 12.5. The van der Waals surface area contributed by atoms with E-state index in [9.17, 15) is 0 Å². The van der Waals surface area contributed by atoms with Crippen molar-refractivity contribution >= 4 is 11.4 Å². The largest absolute Gasteiger partial charge is 0.493 e. The third kappa shape index (κ3) is 4.96. The molecule has 4 N–H and O–H groups in total. The Hall–Kier alpha value is -1.64. The van der Waals surface area contributed by atoms with Crippen LogP contribution in [0.2, 0.25) is 0 Å². The first kappa shape index (κ1) is 19.1. The van der Waals surface area contributed by atoms with E-state index < -0.39 is 0 Å². The first-order valence-electron chi connectivity index (χ1n) is 10.5. The van der Waals surface area contributed by atoms with Gasteiger partial charge in [0.1, 0.15) is 5.75 Å². The van der Waals surface area contributed by atoms with Gasteiger partial charge < -0.3 is 16.2 Å². The summed E-state index contributed by atoms with van der Waals surface area (Å²) in [5.41, 5.74) is 16.4. The van der Waals surface area contributed by atoms with E-state index in [0.29, 0.717) is 17.3 Å². The molecule has 3 rings (SSSR count). The van der Waals surface area contributed by atoms with Crippen molar-refractivity contribution in [1.82, 2.24) is 0 Å². The zero-order valence-corrected chi connectivity index (χ0v) is 16.6. The van der Waals surface area contributed by atoms with Crippen LogP contribution in [0.5, 0.6) is 5.75 Å². The molecule has 0 saturated heterocycles. The van der Waals surface area contributed by atoms with Crippen LogP contribution in [0, 0.1) is 17.8 Å². The van der Waals surface area contributed by atoms with Gasteiger partial charge in [0.2, 0.25) is 0 Å². The summed E-state index contributed by atoms with van der Waals surface area (Å²) >= 11 is 0. The average Bonchev–Trinajstić information content (AvgIpc) is 2.65. The minimum absolute atomic E-state index is 0.650. The summed E-state index contributed by atoms with van der Waals surface area (Å²) in [6, 6.07) is 5.49. The van der Waals surface area contributed by atoms with Gasteiger partial charge in [-0.1, -0.05) is 30.4 Å². The zero-order valence-electron chi connectivity index (χ0n) is 16.6.